The van der Waals surface area contributed by atoms with Gasteiger partial charge in [-0.15, -0.1) is 0 Å². The van der Waals surface area contributed by atoms with Gasteiger partial charge in [-0.25, -0.2) is 0 Å². The molecule has 3 unspecified atom stereocenters. The zero-order valence-corrected chi connectivity index (χ0v) is 19.5. The monoisotopic (exact) mass is 463 g/mol. The summed E-state index contributed by atoms with van der Waals surface area (Å²) in [6, 6.07) is 12.5. The molecule has 0 saturated heterocycles. The van der Waals surface area contributed by atoms with E-state index in [0.29, 0.717) is 37.5 Å². The average Bonchev–Trinajstić information content (AvgIpc) is 2.78. The van der Waals surface area contributed by atoms with E-state index in [1.165, 1.54) is 0 Å². The van der Waals surface area contributed by atoms with E-state index in [4.69, 9.17) is 9.47 Å². The lowest BCUT2D eigenvalue weighted by Gasteiger charge is -2.38. The fraction of sp³-hybridized carbons (Fsp3) is 0.500. The molecule has 8 heteroatoms. The first-order valence-corrected chi connectivity index (χ1v) is 12.6. The predicted molar refractivity (Wildman–Crippen MR) is 126 cm³/mol. The number of anilines is 1. The van der Waals surface area contributed by atoms with E-state index < -0.39 is 19.3 Å². The summed E-state index contributed by atoms with van der Waals surface area (Å²) in [5.74, 6) is 1.49. The van der Waals surface area contributed by atoms with E-state index in [0.717, 1.165) is 36.9 Å². The van der Waals surface area contributed by atoms with Crippen molar-refractivity contribution in [3.8, 4) is 17.2 Å². The van der Waals surface area contributed by atoms with Crippen molar-refractivity contribution < 1.29 is 29.1 Å². The molecule has 176 valence electrons. The maximum Gasteiger partial charge on any atom is 0.201 e. The van der Waals surface area contributed by atoms with Gasteiger partial charge in [0.1, 0.15) is 29.0 Å². The molecule has 0 spiro atoms. The number of phenols is 1. The van der Waals surface area contributed by atoms with E-state index in [2.05, 4.69) is 5.32 Å². The maximum absolute atomic E-state index is 12.2. The van der Waals surface area contributed by atoms with Gasteiger partial charge < -0.3 is 29.9 Å². The van der Waals surface area contributed by atoms with E-state index in [1.54, 1.807) is 24.3 Å². The molecule has 1 aliphatic carbocycles. The van der Waals surface area contributed by atoms with Crippen LogP contribution < -0.4 is 14.8 Å². The number of aliphatic hydroxyl groups is 1. The van der Waals surface area contributed by atoms with Gasteiger partial charge in [0, 0.05) is 23.9 Å². The topological polar surface area (TPSA) is 108 Å². The second kappa shape index (κ2) is 11.6. The minimum atomic E-state index is -2.96. The second-order valence-electron chi connectivity index (χ2n) is 8.27. The summed E-state index contributed by atoms with van der Waals surface area (Å²) < 4.78 is 23.9. The Labute approximate surface area is 190 Å². The van der Waals surface area contributed by atoms with Crippen LogP contribution in [0.3, 0.4) is 0 Å². The molecule has 7 nitrogen and oxygen atoms in total. The molecule has 0 aromatic heterocycles. The first-order chi connectivity index (χ1) is 15.5. The summed E-state index contributed by atoms with van der Waals surface area (Å²) in [7, 11) is -2.96. The molecule has 4 N–H and O–H groups in total. The van der Waals surface area contributed by atoms with Crippen molar-refractivity contribution in [2.45, 2.75) is 56.7 Å². The molecule has 1 saturated carbocycles. The van der Waals surface area contributed by atoms with Crippen LogP contribution in [0, 0.1) is 0 Å². The van der Waals surface area contributed by atoms with Crippen LogP contribution in [0.4, 0.5) is 5.69 Å². The minimum absolute atomic E-state index is 0.0384. The Balaban J connectivity index is 1.57. The van der Waals surface area contributed by atoms with Crippen LogP contribution in [0.15, 0.2) is 42.5 Å². The van der Waals surface area contributed by atoms with Gasteiger partial charge in [-0.3, -0.25) is 4.57 Å². The summed E-state index contributed by atoms with van der Waals surface area (Å²) in [5.41, 5.74) is 1.96. The molecule has 2 aromatic carbocycles. The van der Waals surface area contributed by atoms with E-state index in [-0.39, 0.29) is 12.4 Å². The molecule has 32 heavy (non-hydrogen) atoms. The molecule has 0 aliphatic heterocycles. The maximum atomic E-state index is 12.2. The predicted octanol–water partition coefficient (Wildman–Crippen LogP) is 4.36. The Morgan fingerprint density at radius 2 is 2.00 bits per heavy atom. The quantitative estimate of drug-likeness (QED) is 0.290. The molecule has 0 radical (unpaired) electrons. The zero-order chi connectivity index (χ0) is 23.0. The lowest BCUT2D eigenvalue weighted by atomic mass is 9.86. The number of phenolic OH excluding ortho intramolecular Hbond substituents is 1. The summed E-state index contributed by atoms with van der Waals surface area (Å²) >= 11 is 0. The minimum Gasteiger partial charge on any atom is -0.508 e. The van der Waals surface area contributed by atoms with Crippen molar-refractivity contribution >= 4 is 13.7 Å². The van der Waals surface area contributed by atoms with E-state index in [9.17, 15) is 19.7 Å². The summed E-state index contributed by atoms with van der Waals surface area (Å²) in [6.07, 6.45) is 3.42. The average molecular weight is 464 g/mol. The number of hydrogen-bond donors (Lipinski definition) is 4. The van der Waals surface area contributed by atoms with Crippen LogP contribution in [0.25, 0.3) is 0 Å². The molecule has 0 heterocycles. The number of hydrogen-bond acceptors (Lipinski definition) is 6. The smallest absolute Gasteiger partial charge is 0.201 e. The Hall–Kier alpha value is -2.21. The van der Waals surface area contributed by atoms with Crippen LogP contribution in [0.2, 0.25) is 0 Å². The standard InChI is InChI=1S/C24H34NO6P/c1-2-20-21(25-14-7-15-30-19-9-5-8-18(26)16-19)10-6-11-22(20)31-17-24(32(28)29)13-4-3-12-23(24)27/h5-6,8-11,16,23,25-27,32H,2-4,7,12-15,17H2,1H3,(H,28,29). The van der Waals surface area contributed by atoms with Crippen LogP contribution in [-0.2, 0) is 11.0 Å². The highest BCUT2D eigenvalue weighted by Crippen LogP contribution is 2.47. The highest BCUT2D eigenvalue weighted by atomic mass is 31.1. The Morgan fingerprint density at radius 3 is 2.72 bits per heavy atom. The van der Waals surface area contributed by atoms with E-state index >= 15 is 0 Å². The molecule has 2 aromatic rings. The van der Waals surface area contributed by atoms with Crippen molar-refractivity contribution in [3.05, 3.63) is 48.0 Å². The summed E-state index contributed by atoms with van der Waals surface area (Å²) in [5, 5.41) is 22.3. The Kier molecular flexibility index (Phi) is 8.85. The van der Waals surface area contributed by atoms with Gasteiger partial charge in [0.15, 0.2) is 0 Å². The Morgan fingerprint density at radius 1 is 1.19 bits per heavy atom. The fourth-order valence-corrected chi connectivity index (χ4v) is 5.21. The zero-order valence-electron chi connectivity index (χ0n) is 18.5. The highest BCUT2D eigenvalue weighted by Gasteiger charge is 2.45. The number of nitrogens with one attached hydrogen (secondary N) is 1. The van der Waals surface area contributed by atoms with Crippen molar-refractivity contribution in [2.24, 2.45) is 0 Å². The molecule has 0 amide bonds. The molecule has 3 atom stereocenters. The number of ether oxygens (including phenoxy) is 2. The van der Waals surface area contributed by atoms with Gasteiger partial charge in [0.25, 0.3) is 0 Å². The molecule has 1 fully saturated rings. The van der Waals surface area contributed by atoms with Crippen LogP contribution in [-0.4, -0.2) is 46.1 Å². The largest absolute Gasteiger partial charge is 0.508 e. The molecular weight excluding hydrogens is 429 g/mol. The summed E-state index contributed by atoms with van der Waals surface area (Å²) in [4.78, 5) is 9.99. The third-order valence-electron chi connectivity index (χ3n) is 6.11. The molecule has 0 bridgehead atoms. The van der Waals surface area contributed by atoms with Gasteiger partial charge in [0.05, 0.1) is 12.7 Å². The van der Waals surface area contributed by atoms with Gasteiger partial charge in [0.2, 0.25) is 8.03 Å². The van der Waals surface area contributed by atoms with Crippen molar-refractivity contribution in [3.63, 3.8) is 0 Å². The molecule has 3 rings (SSSR count). The summed E-state index contributed by atoms with van der Waals surface area (Å²) in [6.45, 7) is 3.29. The molecular formula is C24H34NO6P. The van der Waals surface area contributed by atoms with Gasteiger partial charge in [-0.1, -0.05) is 31.9 Å². The van der Waals surface area contributed by atoms with Crippen LogP contribution in [0.5, 0.6) is 17.2 Å². The van der Waals surface area contributed by atoms with Gasteiger partial charge >= 0.3 is 0 Å². The van der Waals surface area contributed by atoms with Crippen molar-refractivity contribution in [1.29, 1.82) is 0 Å². The third kappa shape index (κ3) is 5.97. The first kappa shape index (κ1) is 24.4. The number of rotatable bonds is 11. The third-order valence-corrected chi connectivity index (χ3v) is 7.69. The van der Waals surface area contributed by atoms with Gasteiger partial charge in [-0.2, -0.15) is 0 Å². The number of benzene rings is 2. The fourth-order valence-electron chi connectivity index (χ4n) is 4.20. The SMILES string of the molecule is CCc1c(NCCCOc2cccc(O)c2)cccc1OCC1([PH](=O)O)CCCCC1O. The van der Waals surface area contributed by atoms with Crippen LogP contribution >= 0.6 is 8.03 Å². The lowest BCUT2D eigenvalue weighted by molar-refractivity contribution is 0.0548. The van der Waals surface area contributed by atoms with Gasteiger partial charge in [-0.05, 0) is 49.9 Å². The normalized spacial score (nSPS) is 21.7. The number of aliphatic hydroxyl groups excluding tert-OH is 1. The van der Waals surface area contributed by atoms with Crippen molar-refractivity contribution in [1.82, 2.24) is 0 Å². The molecule has 1 aliphatic rings. The second-order valence-corrected chi connectivity index (χ2v) is 9.88. The van der Waals surface area contributed by atoms with Crippen molar-refractivity contribution in [2.75, 3.05) is 25.1 Å². The number of aromatic hydroxyl groups is 1. The van der Waals surface area contributed by atoms with Crippen LogP contribution in [0.1, 0.15) is 44.6 Å². The lowest BCUT2D eigenvalue weighted by Crippen LogP contribution is -2.46. The van der Waals surface area contributed by atoms with E-state index in [1.807, 2.05) is 25.1 Å². The highest BCUT2D eigenvalue weighted by molar-refractivity contribution is 7.40. The first-order valence-electron chi connectivity index (χ1n) is 11.3. The Bertz CT molecular complexity index is 908.